The molecule has 0 saturated carbocycles. The third-order valence-corrected chi connectivity index (χ3v) is 6.06. The van der Waals surface area contributed by atoms with Crippen LogP contribution in [0.25, 0.3) is 27.5 Å². The summed E-state index contributed by atoms with van der Waals surface area (Å²) in [5.41, 5.74) is 2.53. The van der Waals surface area contributed by atoms with Crippen molar-refractivity contribution in [3.63, 3.8) is 0 Å². The molecule has 29 heavy (non-hydrogen) atoms. The van der Waals surface area contributed by atoms with Gasteiger partial charge in [-0.05, 0) is 52.0 Å². The van der Waals surface area contributed by atoms with Crippen LogP contribution in [0, 0.1) is 0 Å². The molecule has 0 fully saturated rings. The summed E-state index contributed by atoms with van der Waals surface area (Å²) in [6.45, 7) is 7.28. The Bertz CT molecular complexity index is 1250. The van der Waals surface area contributed by atoms with Crippen LogP contribution < -0.4 is 10.2 Å². The van der Waals surface area contributed by atoms with Crippen molar-refractivity contribution >= 4 is 34.8 Å². The Balaban J connectivity index is 1.65. The molecule has 1 aliphatic rings. The van der Waals surface area contributed by atoms with Gasteiger partial charge in [-0.25, -0.2) is 0 Å². The number of rotatable bonds is 4. The van der Waals surface area contributed by atoms with Crippen LogP contribution in [0.4, 0.5) is 0 Å². The van der Waals surface area contributed by atoms with Crippen LogP contribution in [-0.2, 0) is 4.65 Å². The van der Waals surface area contributed by atoms with E-state index in [4.69, 9.17) is 9.39 Å². The molecule has 0 aliphatic carbocycles. The van der Waals surface area contributed by atoms with E-state index in [-0.39, 0.29) is 0 Å². The first-order valence-corrected chi connectivity index (χ1v) is 9.84. The van der Waals surface area contributed by atoms with E-state index < -0.39 is 11.2 Å². The maximum atomic E-state index is 10.3. The second-order valence-corrected chi connectivity index (χ2v) is 8.64. The zero-order chi connectivity index (χ0) is 20.4. The highest BCUT2D eigenvalue weighted by Crippen LogP contribution is 2.44. The van der Waals surface area contributed by atoms with Gasteiger partial charge in [-0.3, -0.25) is 0 Å². The predicted octanol–water partition coefficient (Wildman–Crippen LogP) is 4.70. The SMILES string of the molecule is CC(C)(O)C(C)(C)O[B]c1ccc2c(c1)c1cccc3c1n2-c1ccccc1O3. The summed E-state index contributed by atoms with van der Waals surface area (Å²) in [4.78, 5) is 0. The predicted molar refractivity (Wildman–Crippen MR) is 118 cm³/mol. The van der Waals surface area contributed by atoms with Crippen molar-refractivity contribution in [1.29, 1.82) is 0 Å². The summed E-state index contributed by atoms with van der Waals surface area (Å²) >= 11 is 0. The molecular weight excluding hydrogens is 361 g/mol. The molecule has 1 radical (unpaired) electrons. The molecule has 2 heterocycles. The normalized spacial score (nSPS) is 13.4. The minimum atomic E-state index is -0.960. The second kappa shape index (κ2) is 6.12. The lowest BCUT2D eigenvalue weighted by molar-refractivity contribution is -0.0893. The molecule has 5 heteroatoms. The molecule has 1 aliphatic heterocycles. The number of hydrogen-bond donors (Lipinski definition) is 1. The van der Waals surface area contributed by atoms with Gasteiger partial charge in [0, 0.05) is 10.8 Å². The first-order chi connectivity index (χ1) is 13.8. The van der Waals surface area contributed by atoms with E-state index in [9.17, 15) is 5.11 Å². The molecule has 4 nitrogen and oxygen atoms in total. The van der Waals surface area contributed by atoms with Crippen molar-refractivity contribution in [2.45, 2.75) is 38.9 Å². The van der Waals surface area contributed by atoms with Gasteiger partial charge in [0.1, 0.15) is 0 Å². The maximum absolute atomic E-state index is 10.3. The topological polar surface area (TPSA) is 43.6 Å². The molecule has 1 N–H and O–H groups in total. The van der Waals surface area contributed by atoms with Crippen molar-refractivity contribution in [2.24, 2.45) is 0 Å². The molecule has 5 rings (SSSR count). The standard InChI is InChI=1S/C24H23BNO3/c1-23(2,27)24(3,4)29-25-15-12-13-18-17(14-15)16-8-7-11-21-22(16)26(18)19-9-5-6-10-20(19)28-21/h5-14,27H,1-4H3. The number of benzene rings is 3. The number of nitrogens with zero attached hydrogens (tertiary/aromatic N) is 1. The Labute approximate surface area is 170 Å². The summed E-state index contributed by atoms with van der Waals surface area (Å²) in [5.74, 6) is 1.72. The molecule has 145 valence electrons. The average Bonchev–Trinajstić information content (AvgIpc) is 3.02. The smallest absolute Gasteiger partial charge is 0.330 e. The van der Waals surface area contributed by atoms with Crippen molar-refractivity contribution < 1.29 is 14.5 Å². The molecule has 3 aromatic carbocycles. The van der Waals surface area contributed by atoms with Crippen molar-refractivity contribution in [3.05, 3.63) is 60.7 Å². The van der Waals surface area contributed by atoms with Gasteiger partial charge in [0.2, 0.25) is 0 Å². The fourth-order valence-corrected chi connectivity index (χ4v) is 3.67. The largest absolute Gasteiger partial charge is 0.453 e. The van der Waals surface area contributed by atoms with Crippen LogP contribution in [0.3, 0.4) is 0 Å². The highest BCUT2D eigenvalue weighted by molar-refractivity contribution is 6.47. The van der Waals surface area contributed by atoms with E-state index in [2.05, 4.69) is 28.8 Å². The molecule has 0 atom stereocenters. The fraction of sp³-hybridized carbons (Fsp3) is 0.250. The van der Waals surface area contributed by atoms with E-state index >= 15 is 0 Å². The lowest BCUT2D eigenvalue weighted by Crippen LogP contribution is -2.49. The summed E-state index contributed by atoms with van der Waals surface area (Å²) in [6, 6.07) is 20.6. The zero-order valence-corrected chi connectivity index (χ0v) is 17.1. The second-order valence-electron chi connectivity index (χ2n) is 8.64. The van der Waals surface area contributed by atoms with Crippen LogP contribution in [0.2, 0.25) is 0 Å². The summed E-state index contributed by atoms with van der Waals surface area (Å²) < 4.78 is 14.4. The first kappa shape index (κ1) is 18.3. The van der Waals surface area contributed by atoms with Crippen LogP contribution in [0.1, 0.15) is 27.7 Å². The monoisotopic (exact) mass is 384 g/mol. The molecular formula is C24H23BNO3. The minimum absolute atomic E-state index is 0.710. The Morgan fingerprint density at radius 1 is 0.897 bits per heavy atom. The minimum Gasteiger partial charge on any atom is -0.453 e. The van der Waals surface area contributed by atoms with Crippen molar-refractivity contribution in [1.82, 2.24) is 4.57 Å². The van der Waals surface area contributed by atoms with E-state index in [0.717, 1.165) is 44.5 Å². The van der Waals surface area contributed by atoms with E-state index in [1.165, 1.54) is 0 Å². The van der Waals surface area contributed by atoms with Crippen LogP contribution in [0.15, 0.2) is 60.7 Å². The quantitative estimate of drug-likeness (QED) is 0.457. The Morgan fingerprint density at radius 2 is 1.66 bits per heavy atom. The Morgan fingerprint density at radius 3 is 2.45 bits per heavy atom. The van der Waals surface area contributed by atoms with Gasteiger partial charge in [0.15, 0.2) is 11.5 Å². The summed E-state index contributed by atoms with van der Waals surface area (Å²) in [5, 5.41) is 12.6. The number of ether oxygens (including phenoxy) is 1. The van der Waals surface area contributed by atoms with Crippen LogP contribution >= 0.6 is 0 Å². The van der Waals surface area contributed by atoms with Gasteiger partial charge in [0.25, 0.3) is 0 Å². The lowest BCUT2D eigenvalue weighted by atomic mass is 9.82. The van der Waals surface area contributed by atoms with Gasteiger partial charge in [-0.15, -0.1) is 0 Å². The molecule has 0 amide bonds. The van der Waals surface area contributed by atoms with E-state index in [1.807, 2.05) is 50.2 Å². The zero-order valence-electron chi connectivity index (χ0n) is 17.1. The van der Waals surface area contributed by atoms with Gasteiger partial charge in [0.05, 0.1) is 27.9 Å². The van der Waals surface area contributed by atoms with Gasteiger partial charge >= 0.3 is 7.48 Å². The van der Waals surface area contributed by atoms with Gasteiger partial charge in [-0.1, -0.05) is 41.9 Å². The number of para-hydroxylation sites is 3. The van der Waals surface area contributed by atoms with Crippen molar-refractivity contribution in [2.75, 3.05) is 0 Å². The Hall–Kier alpha value is -2.76. The maximum Gasteiger partial charge on any atom is 0.330 e. The number of hydrogen-bond acceptors (Lipinski definition) is 3. The third-order valence-electron chi connectivity index (χ3n) is 6.06. The highest BCUT2D eigenvalue weighted by atomic mass is 16.5. The molecule has 0 bridgehead atoms. The number of fused-ring (bicyclic) bond motifs is 5. The van der Waals surface area contributed by atoms with Crippen LogP contribution in [0.5, 0.6) is 11.5 Å². The van der Waals surface area contributed by atoms with Gasteiger partial charge in [-0.2, -0.15) is 0 Å². The molecule has 0 unspecified atom stereocenters. The average molecular weight is 384 g/mol. The molecule has 1 aromatic heterocycles. The molecule has 4 aromatic rings. The van der Waals surface area contributed by atoms with E-state index in [1.54, 1.807) is 21.3 Å². The van der Waals surface area contributed by atoms with Crippen LogP contribution in [-0.4, -0.2) is 28.4 Å². The number of aliphatic hydroxyl groups is 1. The van der Waals surface area contributed by atoms with E-state index in [0.29, 0.717) is 0 Å². The highest BCUT2D eigenvalue weighted by Gasteiger charge is 2.35. The number of aromatic nitrogens is 1. The first-order valence-electron chi connectivity index (χ1n) is 9.84. The Kier molecular flexibility index (Phi) is 3.86. The molecule has 0 spiro atoms. The van der Waals surface area contributed by atoms with Crippen molar-refractivity contribution in [3.8, 4) is 17.2 Å². The molecule has 0 saturated heterocycles. The summed E-state index contributed by atoms with van der Waals surface area (Å²) in [7, 11) is 1.73. The lowest BCUT2D eigenvalue weighted by Gasteiger charge is -2.37. The van der Waals surface area contributed by atoms with Gasteiger partial charge < -0.3 is 19.1 Å². The fourth-order valence-electron chi connectivity index (χ4n) is 3.67. The third kappa shape index (κ3) is 2.76. The summed E-state index contributed by atoms with van der Waals surface area (Å²) in [6.07, 6.45) is 0.